The number of nitrogens with one attached hydrogen (secondary N) is 2. The van der Waals surface area contributed by atoms with Crippen LogP contribution in [0.2, 0.25) is 5.02 Å². The van der Waals surface area contributed by atoms with Crippen LogP contribution in [0.15, 0.2) is 42.5 Å². The first-order valence-electron chi connectivity index (χ1n) is 10.0. The van der Waals surface area contributed by atoms with Gasteiger partial charge in [0.1, 0.15) is 0 Å². The molecule has 154 valence electrons. The van der Waals surface area contributed by atoms with Crippen molar-refractivity contribution in [1.29, 1.82) is 0 Å². The summed E-state index contributed by atoms with van der Waals surface area (Å²) in [4.78, 5) is 27.0. The molecule has 2 aromatic rings. The van der Waals surface area contributed by atoms with Gasteiger partial charge in [-0.2, -0.15) is 0 Å². The average molecular weight is 414 g/mol. The van der Waals surface area contributed by atoms with Gasteiger partial charge in [0.2, 0.25) is 5.91 Å². The van der Waals surface area contributed by atoms with Crippen LogP contribution in [0, 0.1) is 25.7 Å². The Morgan fingerprint density at radius 3 is 2.24 bits per heavy atom. The molecule has 3 rings (SSSR count). The summed E-state index contributed by atoms with van der Waals surface area (Å²) in [6.07, 6.45) is 1.61. The van der Waals surface area contributed by atoms with Crippen LogP contribution < -0.4 is 10.6 Å². The Labute approximate surface area is 177 Å². The average Bonchev–Trinajstić information content (AvgIpc) is 2.71. The van der Waals surface area contributed by atoms with Crippen molar-refractivity contribution in [2.75, 3.05) is 23.7 Å². The SMILES string of the molecule is Cc1ccc(NC(=O)N2CCC(C(C)C(=O)Nc3ccc(C)cc3Cl)CC2)cc1. The molecule has 0 saturated carbocycles. The summed E-state index contributed by atoms with van der Waals surface area (Å²) in [6, 6.07) is 13.3. The van der Waals surface area contributed by atoms with Gasteiger partial charge in [0.25, 0.3) is 0 Å². The topological polar surface area (TPSA) is 61.4 Å². The first kappa shape index (κ1) is 21.2. The van der Waals surface area contributed by atoms with Crippen molar-refractivity contribution in [3.63, 3.8) is 0 Å². The van der Waals surface area contributed by atoms with Crippen LogP contribution >= 0.6 is 11.6 Å². The number of urea groups is 1. The number of hydrogen-bond donors (Lipinski definition) is 2. The van der Waals surface area contributed by atoms with Crippen LogP contribution in [-0.2, 0) is 4.79 Å². The first-order chi connectivity index (χ1) is 13.8. The van der Waals surface area contributed by atoms with E-state index in [1.807, 2.05) is 68.1 Å². The fraction of sp³-hybridized carbons (Fsp3) is 0.391. The lowest BCUT2D eigenvalue weighted by molar-refractivity contribution is -0.121. The zero-order valence-electron chi connectivity index (χ0n) is 17.2. The van der Waals surface area contributed by atoms with E-state index in [1.54, 1.807) is 0 Å². The van der Waals surface area contributed by atoms with E-state index in [9.17, 15) is 9.59 Å². The molecule has 1 atom stereocenters. The number of rotatable bonds is 4. The van der Waals surface area contributed by atoms with Gasteiger partial charge in [-0.15, -0.1) is 0 Å². The third-order valence-electron chi connectivity index (χ3n) is 5.63. The first-order valence-corrected chi connectivity index (χ1v) is 10.4. The highest BCUT2D eigenvalue weighted by Gasteiger charge is 2.30. The highest BCUT2D eigenvalue weighted by molar-refractivity contribution is 6.33. The van der Waals surface area contributed by atoms with Crippen molar-refractivity contribution < 1.29 is 9.59 Å². The second-order valence-corrected chi connectivity index (χ2v) is 8.29. The van der Waals surface area contributed by atoms with Gasteiger partial charge in [-0.3, -0.25) is 4.79 Å². The quantitative estimate of drug-likeness (QED) is 0.697. The fourth-order valence-corrected chi connectivity index (χ4v) is 3.91. The third-order valence-corrected chi connectivity index (χ3v) is 5.95. The van der Waals surface area contributed by atoms with Crippen LogP contribution in [0.1, 0.15) is 30.9 Å². The van der Waals surface area contributed by atoms with E-state index in [2.05, 4.69) is 10.6 Å². The Kier molecular flexibility index (Phi) is 6.80. The molecule has 0 aromatic heterocycles. The summed E-state index contributed by atoms with van der Waals surface area (Å²) >= 11 is 6.23. The molecule has 2 N–H and O–H groups in total. The lowest BCUT2D eigenvalue weighted by atomic mass is 9.85. The predicted molar refractivity (Wildman–Crippen MR) is 118 cm³/mol. The monoisotopic (exact) mass is 413 g/mol. The maximum atomic E-state index is 12.7. The minimum absolute atomic E-state index is 0.0293. The van der Waals surface area contributed by atoms with Crippen molar-refractivity contribution in [2.45, 2.75) is 33.6 Å². The van der Waals surface area contributed by atoms with Crippen LogP contribution in [0.4, 0.5) is 16.2 Å². The second kappa shape index (κ2) is 9.31. The van der Waals surface area contributed by atoms with E-state index in [0.29, 0.717) is 23.8 Å². The number of carbonyl (C=O) groups is 2. The molecule has 29 heavy (non-hydrogen) atoms. The van der Waals surface area contributed by atoms with Gasteiger partial charge in [0.05, 0.1) is 10.7 Å². The molecule has 1 saturated heterocycles. The summed E-state index contributed by atoms with van der Waals surface area (Å²) in [5, 5.41) is 6.43. The molecule has 0 spiro atoms. The Hall–Kier alpha value is -2.53. The number of aryl methyl sites for hydroxylation is 2. The zero-order chi connectivity index (χ0) is 21.0. The number of carbonyl (C=O) groups excluding carboxylic acids is 2. The molecule has 3 amide bonds. The Balaban J connectivity index is 1.50. The number of piperidine rings is 1. The molecule has 0 radical (unpaired) electrons. The standard InChI is InChI=1S/C23H28ClN3O2/c1-15-4-7-19(8-5-15)25-23(29)27-12-10-18(11-13-27)17(3)22(28)26-21-9-6-16(2)14-20(21)24/h4-9,14,17-18H,10-13H2,1-3H3,(H,25,29)(H,26,28). The molecular weight excluding hydrogens is 386 g/mol. The Bertz CT molecular complexity index is 874. The molecule has 0 aliphatic carbocycles. The molecule has 1 aliphatic heterocycles. The van der Waals surface area contributed by atoms with E-state index in [-0.39, 0.29) is 23.8 Å². The van der Waals surface area contributed by atoms with Crippen molar-refractivity contribution in [2.24, 2.45) is 11.8 Å². The summed E-state index contributed by atoms with van der Waals surface area (Å²) < 4.78 is 0. The molecule has 5 nitrogen and oxygen atoms in total. The molecule has 1 fully saturated rings. The molecule has 1 unspecified atom stereocenters. The largest absolute Gasteiger partial charge is 0.325 e. The number of likely N-dealkylation sites (tertiary alicyclic amines) is 1. The van der Waals surface area contributed by atoms with Gasteiger partial charge >= 0.3 is 6.03 Å². The highest BCUT2D eigenvalue weighted by atomic mass is 35.5. The summed E-state index contributed by atoms with van der Waals surface area (Å²) in [6.45, 7) is 7.21. The lowest BCUT2D eigenvalue weighted by Gasteiger charge is -2.34. The predicted octanol–water partition coefficient (Wildman–Crippen LogP) is 5.48. The smallest absolute Gasteiger partial charge is 0.321 e. The van der Waals surface area contributed by atoms with Gasteiger partial charge in [0.15, 0.2) is 0 Å². The van der Waals surface area contributed by atoms with Crippen molar-refractivity contribution in [1.82, 2.24) is 4.90 Å². The molecule has 2 aromatic carbocycles. The van der Waals surface area contributed by atoms with E-state index >= 15 is 0 Å². The number of benzene rings is 2. The lowest BCUT2D eigenvalue weighted by Crippen LogP contribution is -2.43. The van der Waals surface area contributed by atoms with Gasteiger partial charge in [0, 0.05) is 24.7 Å². The molecular formula is C23H28ClN3O2. The van der Waals surface area contributed by atoms with Crippen molar-refractivity contribution in [3.05, 3.63) is 58.6 Å². The maximum Gasteiger partial charge on any atom is 0.321 e. The molecule has 0 bridgehead atoms. The van der Waals surface area contributed by atoms with Gasteiger partial charge < -0.3 is 15.5 Å². The van der Waals surface area contributed by atoms with Crippen molar-refractivity contribution in [3.8, 4) is 0 Å². The van der Waals surface area contributed by atoms with Crippen molar-refractivity contribution >= 4 is 34.9 Å². The minimum Gasteiger partial charge on any atom is -0.325 e. The molecule has 1 heterocycles. The van der Waals surface area contributed by atoms with E-state index in [4.69, 9.17) is 11.6 Å². The third kappa shape index (κ3) is 5.51. The summed E-state index contributed by atoms with van der Waals surface area (Å²) in [5.41, 5.74) is 3.65. The van der Waals surface area contributed by atoms with E-state index in [1.165, 1.54) is 0 Å². The van der Waals surface area contributed by atoms with Crippen LogP contribution in [0.5, 0.6) is 0 Å². The van der Waals surface area contributed by atoms with Crippen LogP contribution in [0.3, 0.4) is 0 Å². The number of nitrogens with zero attached hydrogens (tertiary/aromatic N) is 1. The number of anilines is 2. The van der Waals surface area contributed by atoms with Crippen LogP contribution in [-0.4, -0.2) is 29.9 Å². The van der Waals surface area contributed by atoms with Gasteiger partial charge in [-0.05, 0) is 62.4 Å². The second-order valence-electron chi connectivity index (χ2n) is 7.88. The highest BCUT2D eigenvalue weighted by Crippen LogP contribution is 2.28. The molecule has 6 heteroatoms. The Morgan fingerprint density at radius 1 is 1.00 bits per heavy atom. The zero-order valence-corrected chi connectivity index (χ0v) is 17.9. The molecule has 1 aliphatic rings. The summed E-state index contributed by atoms with van der Waals surface area (Å²) in [5.74, 6) is 0.0654. The maximum absolute atomic E-state index is 12.7. The normalized spacial score (nSPS) is 15.7. The van der Waals surface area contributed by atoms with E-state index < -0.39 is 0 Å². The summed E-state index contributed by atoms with van der Waals surface area (Å²) in [7, 11) is 0. The fourth-order valence-electron chi connectivity index (χ4n) is 3.62. The minimum atomic E-state index is -0.144. The van der Waals surface area contributed by atoms with Crippen LogP contribution in [0.25, 0.3) is 0 Å². The number of halogens is 1. The Morgan fingerprint density at radius 2 is 1.62 bits per heavy atom. The number of amides is 3. The van der Waals surface area contributed by atoms with E-state index in [0.717, 1.165) is 29.7 Å². The number of hydrogen-bond acceptors (Lipinski definition) is 2. The van der Waals surface area contributed by atoms with Gasteiger partial charge in [-0.1, -0.05) is 42.3 Å². The van der Waals surface area contributed by atoms with Gasteiger partial charge in [-0.25, -0.2) is 4.79 Å².